The van der Waals surface area contributed by atoms with Crippen molar-refractivity contribution in [2.45, 2.75) is 39.7 Å². The highest BCUT2D eigenvalue weighted by atomic mass is 16.5. The van der Waals surface area contributed by atoms with E-state index in [0.29, 0.717) is 25.4 Å². The van der Waals surface area contributed by atoms with Crippen molar-refractivity contribution in [2.24, 2.45) is 5.10 Å². The maximum atomic E-state index is 11.4. The Balaban J connectivity index is 2.29. The first-order chi connectivity index (χ1) is 10.4. The first-order valence-corrected chi connectivity index (χ1v) is 7.40. The van der Waals surface area contributed by atoms with Crippen molar-refractivity contribution in [1.82, 2.24) is 5.43 Å². The molecule has 0 unspecified atom stereocenters. The molecule has 0 aromatic heterocycles. The molecule has 1 aliphatic rings. The third kappa shape index (κ3) is 3.90. The molecule has 2 rings (SSSR count). The first kappa shape index (κ1) is 16.1. The van der Waals surface area contributed by atoms with Gasteiger partial charge in [0, 0.05) is 18.1 Å². The van der Waals surface area contributed by atoms with Crippen LogP contribution < -0.4 is 14.9 Å². The summed E-state index contributed by atoms with van der Waals surface area (Å²) in [7, 11) is 0. The van der Waals surface area contributed by atoms with Crippen LogP contribution in [-0.4, -0.2) is 30.6 Å². The number of ether oxygens (including phenoxy) is 3. The molecule has 1 amide bonds. The van der Waals surface area contributed by atoms with Crippen LogP contribution in [0.15, 0.2) is 23.3 Å². The van der Waals surface area contributed by atoms with Gasteiger partial charge in [0.15, 0.2) is 0 Å². The van der Waals surface area contributed by atoms with Gasteiger partial charge in [0.2, 0.25) is 0 Å². The van der Waals surface area contributed by atoms with Gasteiger partial charge in [-0.05, 0) is 39.8 Å². The Morgan fingerprint density at radius 1 is 1.36 bits per heavy atom. The summed E-state index contributed by atoms with van der Waals surface area (Å²) in [6.45, 7) is 8.52. The molecule has 0 fully saturated rings. The third-order valence-corrected chi connectivity index (χ3v) is 3.11. The van der Waals surface area contributed by atoms with Gasteiger partial charge in [0.25, 0.3) is 0 Å². The van der Waals surface area contributed by atoms with Crippen molar-refractivity contribution >= 4 is 11.8 Å². The fourth-order valence-electron chi connectivity index (χ4n) is 2.29. The summed E-state index contributed by atoms with van der Waals surface area (Å²) in [5, 5.41) is 4.19. The Morgan fingerprint density at radius 3 is 2.82 bits per heavy atom. The van der Waals surface area contributed by atoms with Gasteiger partial charge >= 0.3 is 6.09 Å². The fraction of sp³-hybridized carbons (Fsp3) is 0.500. The van der Waals surface area contributed by atoms with Crippen LogP contribution in [-0.2, 0) is 4.74 Å². The first-order valence-electron chi connectivity index (χ1n) is 7.40. The highest BCUT2D eigenvalue weighted by Crippen LogP contribution is 2.35. The summed E-state index contributed by atoms with van der Waals surface area (Å²) in [5.41, 5.74) is 3.60. The van der Waals surface area contributed by atoms with Crippen LogP contribution >= 0.6 is 0 Å². The predicted molar refractivity (Wildman–Crippen MR) is 83.6 cm³/mol. The molecule has 6 nitrogen and oxygen atoms in total. The summed E-state index contributed by atoms with van der Waals surface area (Å²) in [4.78, 5) is 11.4. The minimum atomic E-state index is -0.563. The van der Waals surface area contributed by atoms with Gasteiger partial charge in [-0.15, -0.1) is 0 Å². The summed E-state index contributed by atoms with van der Waals surface area (Å²) in [5.74, 6) is 1.45. The molecule has 1 N–H and O–H groups in total. The number of nitrogens with zero attached hydrogens (tertiary/aromatic N) is 1. The van der Waals surface area contributed by atoms with Crippen molar-refractivity contribution in [3.8, 4) is 11.5 Å². The normalized spacial score (nSPS) is 17.4. The van der Waals surface area contributed by atoms with E-state index >= 15 is 0 Å². The third-order valence-electron chi connectivity index (χ3n) is 3.11. The molecule has 1 heterocycles. The van der Waals surface area contributed by atoms with Crippen LogP contribution in [0.5, 0.6) is 11.5 Å². The zero-order valence-corrected chi connectivity index (χ0v) is 13.4. The molecule has 120 valence electrons. The highest BCUT2D eigenvalue weighted by Gasteiger charge is 2.31. The Bertz CT molecular complexity index is 582. The number of carbonyl (C=O) groups is 1. The van der Waals surface area contributed by atoms with Gasteiger partial charge in [-0.25, -0.2) is 10.2 Å². The molecule has 0 aliphatic carbocycles. The molecule has 0 saturated carbocycles. The second-order valence-electron chi connectivity index (χ2n) is 5.52. The van der Waals surface area contributed by atoms with E-state index in [9.17, 15) is 4.79 Å². The summed E-state index contributed by atoms with van der Waals surface area (Å²) < 4.78 is 16.3. The second-order valence-corrected chi connectivity index (χ2v) is 5.52. The van der Waals surface area contributed by atoms with Crippen LogP contribution in [0.25, 0.3) is 0 Å². The van der Waals surface area contributed by atoms with Gasteiger partial charge in [0.1, 0.15) is 17.1 Å². The Kier molecular flexibility index (Phi) is 4.90. The Morgan fingerprint density at radius 2 is 2.14 bits per heavy atom. The van der Waals surface area contributed by atoms with Gasteiger partial charge < -0.3 is 14.2 Å². The summed E-state index contributed by atoms with van der Waals surface area (Å²) in [6, 6.07) is 5.60. The van der Waals surface area contributed by atoms with Crippen molar-refractivity contribution in [3.63, 3.8) is 0 Å². The van der Waals surface area contributed by atoms with E-state index in [1.807, 2.05) is 39.0 Å². The van der Waals surface area contributed by atoms with E-state index in [1.165, 1.54) is 0 Å². The monoisotopic (exact) mass is 306 g/mol. The summed E-state index contributed by atoms with van der Waals surface area (Å²) >= 11 is 0. The zero-order chi connectivity index (χ0) is 16.2. The number of carbonyl (C=O) groups excluding carboxylic acids is 1. The molecule has 1 aromatic carbocycles. The number of nitrogens with one attached hydrogen (secondary N) is 1. The van der Waals surface area contributed by atoms with Crippen molar-refractivity contribution < 1.29 is 19.0 Å². The van der Waals surface area contributed by atoms with Crippen LogP contribution in [0.4, 0.5) is 4.79 Å². The van der Waals surface area contributed by atoms with E-state index in [-0.39, 0.29) is 0 Å². The lowest BCUT2D eigenvalue weighted by atomic mass is 9.92. The number of fused-ring (bicyclic) bond motifs is 1. The van der Waals surface area contributed by atoms with Crippen LogP contribution in [0.1, 0.15) is 39.7 Å². The number of hydrazone groups is 1. The number of hydrogen-bond acceptors (Lipinski definition) is 5. The van der Waals surface area contributed by atoms with Crippen LogP contribution in [0.2, 0.25) is 0 Å². The SMILES string of the molecule is CCOC(=O)NN=C1CC(C)(C)Oc2cc(OCC)ccc21. The van der Waals surface area contributed by atoms with E-state index in [4.69, 9.17) is 14.2 Å². The molecule has 0 atom stereocenters. The quantitative estimate of drug-likeness (QED) is 0.868. The molecule has 0 saturated heterocycles. The standard InChI is InChI=1S/C16H22N2O4/c1-5-20-11-7-8-12-13(17-18-15(19)21-6-2)10-16(3,4)22-14(12)9-11/h7-9H,5-6,10H2,1-4H3,(H,18,19). The Hall–Kier alpha value is -2.24. The summed E-state index contributed by atoms with van der Waals surface area (Å²) in [6.07, 6.45) is 0.0206. The maximum Gasteiger partial charge on any atom is 0.427 e. The molecule has 0 bridgehead atoms. The van der Waals surface area contributed by atoms with E-state index in [1.54, 1.807) is 6.92 Å². The zero-order valence-electron chi connectivity index (χ0n) is 13.4. The van der Waals surface area contributed by atoms with E-state index < -0.39 is 11.7 Å². The van der Waals surface area contributed by atoms with Crippen molar-refractivity contribution in [3.05, 3.63) is 23.8 Å². The number of rotatable bonds is 4. The smallest absolute Gasteiger partial charge is 0.427 e. The minimum Gasteiger partial charge on any atom is -0.494 e. The molecule has 0 radical (unpaired) electrons. The fourth-order valence-corrected chi connectivity index (χ4v) is 2.29. The second kappa shape index (κ2) is 6.68. The molecule has 22 heavy (non-hydrogen) atoms. The van der Waals surface area contributed by atoms with E-state index in [0.717, 1.165) is 17.0 Å². The molecular weight excluding hydrogens is 284 g/mol. The van der Waals surface area contributed by atoms with Gasteiger partial charge in [-0.1, -0.05) is 0 Å². The number of amides is 1. The highest BCUT2D eigenvalue weighted by molar-refractivity contribution is 6.04. The molecule has 1 aliphatic heterocycles. The average molecular weight is 306 g/mol. The van der Waals surface area contributed by atoms with Crippen LogP contribution in [0.3, 0.4) is 0 Å². The average Bonchev–Trinajstić information content (AvgIpc) is 2.44. The van der Waals surface area contributed by atoms with Gasteiger partial charge in [-0.2, -0.15) is 5.10 Å². The lowest BCUT2D eigenvalue weighted by Gasteiger charge is -2.33. The molecule has 6 heteroatoms. The lowest BCUT2D eigenvalue weighted by Crippen LogP contribution is -2.37. The minimum absolute atomic E-state index is 0.305. The Labute approximate surface area is 130 Å². The van der Waals surface area contributed by atoms with Gasteiger partial charge in [-0.3, -0.25) is 0 Å². The van der Waals surface area contributed by atoms with Crippen molar-refractivity contribution in [1.29, 1.82) is 0 Å². The molecule has 1 aromatic rings. The largest absolute Gasteiger partial charge is 0.494 e. The lowest BCUT2D eigenvalue weighted by molar-refractivity contribution is 0.110. The topological polar surface area (TPSA) is 69.2 Å². The van der Waals surface area contributed by atoms with Crippen molar-refractivity contribution in [2.75, 3.05) is 13.2 Å². The molecular formula is C16H22N2O4. The number of hydrogen-bond donors (Lipinski definition) is 1. The maximum absolute atomic E-state index is 11.4. The molecule has 0 spiro atoms. The van der Waals surface area contributed by atoms with E-state index in [2.05, 4.69) is 10.5 Å². The number of benzene rings is 1. The van der Waals surface area contributed by atoms with Gasteiger partial charge in [0.05, 0.1) is 18.9 Å². The predicted octanol–water partition coefficient (Wildman–Crippen LogP) is 3.10. The van der Waals surface area contributed by atoms with Crippen LogP contribution in [0, 0.1) is 0 Å².